The molecule has 2 aliphatic heterocycles. The molecule has 0 aromatic heterocycles. The molecule has 0 bridgehead atoms. The molecule has 4 rings (SSSR count). The van der Waals surface area contributed by atoms with Crippen molar-refractivity contribution in [2.75, 3.05) is 37.6 Å². The molecule has 0 unspecified atom stereocenters. The van der Waals surface area contributed by atoms with E-state index in [2.05, 4.69) is 47.9 Å². The lowest BCUT2D eigenvalue weighted by Crippen LogP contribution is -2.47. The van der Waals surface area contributed by atoms with Crippen LogP contribution < -0.4 is 4.90 Å². The zero-order valence-corrected chi connectivity index (χ0v) is 17.7. The fraction of sp³-hybridized carbons (Fsp3) is 0.708. The summed E-state index contributed by atoms with van der Waals surface area (Å²) in [5.41, 5.74) is 2.73. The summed E-state index contributed by atoms with van der Waals surface area (Å²) < 4.78 is 5.80. The third kappa shape index (κ3) is 4.07. The van der Waals surface area contributed by atoms with Gasteiger partial charge in [-0.05, 0) is 36.8 Å². The molecular formula is C24H36N2O2. The van der Waals surface area contributed by atoms with Gasteiger partial charge in [-0.3, -0.25) is 9.69 Å². The topological polar surface area (TPSA) is 32.8 Å². The predicted molar refractivity (Wildman–Crippen MR) is 114 cm³/mol. The summed E-state index contributed by atoms with van der Waals surface area (Å²) in [4.78, 5) is 17.5. The minimum atomic E-state index is -0.123. The van der Waals surface area contributed by atoms with E-state index in [0.717, 1.165) is 58.4 Å². The molecule has 0 radical (unpaired) electrons. The maximum Gasteiger partial charge on any atom is 0.312 e. The maximum absolute atomic E-state index is 12.5. The fourth-order valence-electron chi connectivity index (χ4n) is 5.44. The lowest BCUT2D eigenvalue weighted by atomic mass is 9.72. The van der Waals surface area contributed by atoms with Crippen molar-refractivity contribution in [3.8, 4) is 0 Å². The molecule has 4 nitrogen and oxygen atoms in total. The summed E-state index contributed by atoms with van der Waals surface area (Å²) in [5, 5.41) is 0. The van der Waals surface area contributed by atoms with Crippen molar-refractivity contribution in [1.29, 1.82) is 0 Å². The van der Waals surface area contributed by atoms with E-state index in [9.17, 15) is 4.79 Å². The van der Waals surface area contributed by atoms with E-state index in [0.29, 0.717) is 5.92 Å². The smallest absolute Gasteiger partial charge is 0.312 e. The minimum absolute atomic E-state index is 0.104. The molecule has 4 heteroatoms. The molecule has 1 aliphatic carbocycles. The van der Waals surface area contributed by atoms with Crippen LogP contribution in [0.2, 0.25) is 0 Å². The van der Waals surface area contributed by atoms with Crippen molar-refractivity contribution in [3.63, 3.8) is 0 Å². The van der Waals surface area contributed by atoms with Crippen molar-refractivity contribution in [2.45, 2.75) is 70.8 Å². The van der Waals surface area contributed by atoms with Crippen LogP contribution in [0.3, 0.4) is 0 Å². The fourth-order valence-corrected chi connectivity index (χ4v) is 5.44. The molecule has 1 spiro atoms. The quantitative estimate of drug-likeness (QED) is 0.695. The van der Waals surface area contributed by atoms with Gasteiger partial charge in [-0.25, -0.2) is 0 Å². The second kappa shape index (κ2) is 8.44. The van der Waals surface area contributed by atoms with Gasteiger partial charge >= 0.3 is 5.97 Å². The molecule has 3 fully saturated rings. The van der Waals surface area contributed by atoms with Crippen LogP contribution in [0, 0.1) is 5.41 Å². The normalized spacial score (nSPS) is 25.5. The molecule has 3 aliphatic rings. The number of hydrogen-bond acceptors (Lipinski definition) is 4. The number of benzene rings is 1. The van der Waals surface area contributed by atoms with Gasteiger partial charge in [0.05, 0.1) is 5.41 Å². The molecule has 1 aromatic rings. The Balaban J connectivity index is 1.26. The Hall–Kier alpha value is -1.55. The van der Waals surface area contributed by atoms with E-state index in [-0.39, 0.29) is 17.5 Å². The van der Waals surface area contributed by atoms with Crippen molar-refractivity contribution < 1.29 is 9.53 Å². The molecule has 1 atom stereocenters. The number of rotatable bonds is 5. The molecule has 1 aromatic carbocycles. The molecule has 2 heterocycles. The number of ether oxygens (including phenoxy) is 1. The van der Waals surface area contributed by atoms with Gasteiger partial charge in [0.25, 0.3) is 0 Å². The van der Waals surface area contributed by atoms with Gasteiger partial charge in [-0.1, -0.05) is 51.3 Å². The van der Waals surface area contributed by atoms with Crippen LogP contribution in [-0.4, -0.2) is 49.7 Å². The van der Waals surface area contributed by atoms with Gasteiger partial charge < -0.3 is 9.64 Å². The summed E-state index contributed by atoms with van der Waals surface area (Å²) in [6.45, 7) is 9.95. The highest BCUT2D eigenvalue weighted by Crippen LogP contribution is 2.46. The number of para-hydroxylation sites is 1. The highest BCUT2D eigenvalue weighted by molar-refractivity contribution is 5.79. The van der Waals surface area contributed by atoms with Crippen LogP contribution in [0.15, 0.2) is 24.3 Å². The zero-order chi connectivity index (χ0) is 19.6. The second-order valence-electron chi connectivity index (χ2n) is 9.40. The summed E-state index contributed by atoms with van der Waals surface area (Å²) in [7, 11) is 0. The summed E-state index contributed by atoms with van der Waals surface area (Å²) >= 11 is 0. The van der Waals surface area contributed by atoms with Gasteiger partial charge in [0.2, 0.25) is 0 Å². The van der Waals surface area contributed by atoms with E-state index in [1.807, 2.05) is 0 Å². The summed E-state index contributed by atoms with van der Waals surface area (Å²) in [5.74, 6) is 0.658. The predicted octanol–water partition coefficient (Wildman–Crippen LogP) is 4.59. The third-order valence-electron chi connectivity index (χ3n) is 7.17. The monoisotopic (exact) mass is 384 g/mol. The van der Waals surface area contributed by atoms with Crippen LogP contribution in [0.5, 0.6) is 0 Å². The average Bonchev–Trinajstić information content (AvgIpc) is 3.02. The molecule has 0 N–H and O–H groups in total. The Labute approximate surface area is 170 Å². The van der Waals surface area contributed by atoms with Crippen molar-refractivity contribution in [2.24, 2.45) is 5.41 Å². The number of carbonyl (C=O) groups is 1. The van der Waals surface area contributed by atoms with E-state index < -0.39 is 0 Å². The standard InChI is InChI=1S/C24H36N2O2/c1-19(2)21-8-4-5-9-22(21)26-16-14-25(15-17-26)13-10-20-18-24(23(27)28-20)11-6-3-7-12-24/h4-5,8-9,19-20H,3,6-7,10-18H2,1-2H3/t20-/m0/s1. The number of nitrogens with zero attached hydrogens (tertiary/aromatic N) is 2. The summed E-state index contributed by atoms with van der Waals surface area (Å²) in [6, 6.07) is 8.84. The first kappa shape index (κ1) is 19.8. The molecular weight excluding hydrogens is 348 g/mol. The Morgan fingerprint density at radius 3 is 2.50 bits per heavy atom. The number of cyclic esters (lactones) is 1. The highest BCUT2D eigenvalue weighted by Gasteiger charge is 2.48. The first-order chi connectivity index (χ1) is 13.6. The average molecular weight is 385 g/mol. The van der Waals surface area contributed by atoms with E-state index in [4.69, 9.17) is 4.74 Å². The van der Waals surface area contributed by atoms with Crippen LogP contribution >= 0.6 is 0 Å². The van der Waals surface area contributed by atoms with Gasteiger partial charge in [-0.2, -0.15) is 0 Å². The number of esters is 1. The number of carbonyl (C=O) groups excluding carboxylic acids is 1. The Morgan fingerprint density at radius 1 is 1.07 bits per heavy atom. The minimum Gasteiger partial charge on any atom is -0.462 e. The van der Waals surface area contributed by atoms with Gasteiger partial charge in [-0.15, -0.1) is 0 Å². The van der Waals surface area contributed by atoms with E-state index in [1.54, 1.807) is 0 Å². The Kier molecular flexibility index (Phi) is 5.96. The van der Waals surface area contributed by atoms with Gasteiger partial charge in [0, 0.05) is 44.8 Å². The molecule has 2 saturated heterocycles. The van der Waals surface area contributed by atoms with Crippen molar-refractivity contribution in [3.05, 3.63) is 29.8 Å². The third-order valence-corrected chi connectivity index (χ3v) is 7.17. The molecule has 0 amide bonds. The van der Waals surface area contributed by atoms with Crippen LogP contribution in [0.4, 0.5) is 5.69 Å². The molecule has 1 saturated carbocycles. The number of piperazine rings is 1. The number of hydrogen-bond donors (Lipinski definition) is 0. The zero-order valence-electron chi connectivity index (χ0n) is 17.7. The Bertz CT molecular complexity index is 673. The Morgan fingerprint density at radius 2 is 1.79 bits per heavy atom. The molecule has 154 valence electrons. The lowest BCUT2D eigenvalue weighted by molar-refractivity contribution is -0.150. The van der Waals surface area contributed by atoms with Gasteiger partial charge in [0.1, 0.15) is 6.10 Å². The summed E-state index contributed by atoms with van der Waals surface area (Å²) in [6.07, 6.45) is 7.88. The van der Waals surface area contributed by atoms with Crippen LogP contribution in [0.25, 0.3) is 0 Å². The second-order valence-corrected chi connectivity index (χ2v) is 9.40. The van der Waals surface area contributed by atoms with E-state index >= 15 is 0 Å². The maximum atomic E-state index is 12.5. The first-order valence-corrected chi connectivity index (χ1v) is 11.3. The highest BCUT2D eigenvalue weighted by atomic mass is 16.6. The first-order valence-electron chi connectivity index (χ1n) is 11.3. The van der Waals surface area contributed by atoms with Gasteiger partial charge in [0.15, 0.2) is 0 Å². The van der Waals surface area contributed by atoms with Crippen molar-refractivity contribution in [1.82, 2.24) is 4.90 Å². The SMILES string of the molecule is CC(C)c1ccccc1N1CCN(CC[C@H]2CC3(CCCCC3)C(=O)O2)CC1. The van der Waals surface area contributed by atoms with Crippen LogP contribution in [0.1, 0.15) is 70.3 Å². The lowest BCUT2D eigenvalue weighted by Gasteiger charge is -2.37. The van der Waals surface area contributed by atoms with Crippen LogP contribution in [-0.2, 0) is 9.53 Å². The van der Waals surface area contributed by atoms with Crippen molar-refractivity contribution >= 4 is 11.7 Å². The van der Waals surface area contributed by atoms with E-state index in [1.165, 1.54) is 30.5 Å². The number of anilines is 1. The molecule has 28 heavy (non-hydrogen) atoms. The largest absolute Gasteiger partial charge is 0.462 e.